The molecule has 4 aromatic rings. The Labute approximate surface area is 202 Å². The molecule has 0 radical (unpaired) electrons. The minimum Gasteiger partial charge on any atom is -0.493 e. The maximum Gasteiger partial charge on any atom is 0.289 e. The third-order valence-corrected chi connectivity index (χ3v) is 5.52. The van der Waals surface area contributed by atoms with Crippen LogP contribution in [0.1, 0.15) is 22.0 Å². The van der Waals surface area contributed by atoms with E-state index in [1.165, 1.54) is 6.26 Å². The molecule has 2 aromatic heterocycles. The normalized spacial score (nSPS) is 10.8. The summed E-state index contributed by atoms with van der Waals surface area (Å²) in [6.45, 7) is 0.842. The zero-order valence-electron chi connectivity index (χ0n) is 18.9. The quantitative estimate of drug-likeness (QED) is 0.317. The van der Waals surface area contributed by atoms with Crippen LogP contribution in [-0.4, -0.2) is 48.3 Å². The highest BCUT2D eigenvalue weighted by molar-refractivity contribution is 6.30. The molecule has 2 heterocycles. The van der Waals surface area contributed by atoms with Gasteiger partial charge >= 0.3 is 0 Å². The van der Waals surface area contributed by atoms with Crippen molar-refractivity contribution in [2.75, 3.05) is 27.3 Å². The zero-order valence-corrected chi connectivity index (χ0v) is 19.6. The number of aromatic nitrogens is 2. The number of hydrogen-bond donors (Lipinski definition) is 0. The van der Waals surface area contributed by atoms with Crippen molar-refractivity contribution >= 4 is 17.5 Å². The number of nitrogens with zero attached hydrogens (tertiary/aromatic N) is 3. The van der Waals surface area contributed by atoms with E-state index in [-0.39, 0.29) is 11.7 Å². The van der Waals surface area contributed by atoms with Gasteiger partial charge in [0.15, 0.2) is 17.3 Å². The van der Waals surface area contributed by atoms with E-state index in [1.54, 1.807) is 43.4 Å². The van der Waals surface area contributed by atoms with Gasteiger partial charge in [0, 0.05) is 30.1 Å². The van der Waals surface area contributed by atoms with Crippen molar-refractivity contribution in [1.29, 1.82) is 0 Å². The molecule has 0 N–H and O–H groups in total. The Balaban J connectivity index is 1.46. The van der Waals surface area contributed by atoms with E-state index in [4.69, 9.17) is 30.0 Å². The summed E-state index contributed by atoms with van der Waals surface area (Å²) in [5, 5.41) is 4.63. The topological polar surface area (TPSA) is 90.8 Å². The van der Waals surface area contributed by atoms with Gasteiger partial charge in [-0.15, -0.1) is 0 Å². The van der Waals surface area contributed by atoms with Crippen molar-refractivity contribution in [3.63, 3.8) is 0 Å². The summed E-state index contributed by atoms with van der Waals surface area (Å²) in [5.74, 6) is 2.24. The van der Waals surface area contributed by atoms with Crippen LogP contribution in [0, 0.1) is 0 Å². The molecule has 0 saturated carbocycles. The number of carbonyl (C=O) groups excluding carboxylic acids is 1. The summed E-state index contributed by atoms with van der Waals surface area (Å²) in [6, 6.07) is 16.3. The van der Waals surface area contributed by atoms with E-state index in [9.17, 15) is 4.79 Å². The smallest absolute Gasteiger partial charge is 0.289 e. The van der Waals surface area contributed by atoms with Gasteiger partial charge in [0.2, 0.25) is 11.7 Å². The third-order valence-electron chi connectivity index (χ3n) is 5.28. The molecule has 0 atom stereocenters. The van der Waals surface area contributed by atoms with Crippen molar-refractivity contribution in [2.45, 2.75) is 12.8 Å². The number of halogens is 1. The van der Waals surface area contributed by atoms with Crippen molar-refractivity contribution < 1.29 is 23.2 Å². The number of furan rings is 1. The first kappa shape index (κ1) is 23.4. The molecule has 0 bridgehead atoms. The number of carbonyl (C=O) groups is 1. The van der Waals surface area contributed by atoms with E-state index in [2.05, 4.69) is 10.1 Å². The molecule has 4 rings (SSSR count). The predicted octanol–water partition coefficient (Wildman–Crippen LogP) is 4.93. The molecule has 34 heavy (non-hydrogen) atoms. The van der Waals surface area contributed by atoms with E-state index in [0.717, 1.165) is 11.1 Å². The maximum atomic E-state index is 13.0. The highest BCUT2D eigenvalue weighted by Crippen LogP contribution is 2.28. The molecule has 2 aromatic carbocycles. The van der Waals surface area contributed by atoms with Gasteiger partial charge in [-0.05, 0) is 48.4 Å². The minimum absolute atomic E-state index is 0.208. The summed E-state index contributed by atoms with van der Waals surface area (Å²) in [6.07, 6.45) is 2.49. The van der Waals surface area contributed by atoms with Crippen LogP contribution in [0.2, 0.25) is 5.02 Å². The summed E-state index contributed by atoms with van der Waals surface area (Å²) in [7, 11) is 3.19. The monoisotopic (exact) mass is 481 g/mol. The van der Waals surface area contributed by atoms with Gasteiger partial charge in [0.05, 0.1) is 20.5 Å². The van der Waals surface area contributed by atoms with Gasteiger partial charge in [0.25, 0.3) is 5.91 Å². The third kappa shape index (κ3) is 5.58. The molecule has 0 unspecified atom stereocenters. The highest BCUT2D eigenvalue weighted by atomic mass is 35.5. The fourth-order valence-electron chi connectivity index (χ4n) is 3.50. The predicted molar refractivity (Wildman–Crippen MR) is 126 cm³/mol. The van der Waals surface area contributed by atoms with Crippen LogP contribution in [-0.2, 0) is 12.8 Å². The molecule has 0 aliphatic heterocycles. The Morgan fingerprint density at radius 3 is 2.56 bits per heavy atom. The lowest BCUT2D eigenvalue weighted by molar-refractivity contribution is 0.0724. The molecule has 9 heteroatoms. The Bertz CT molecular complexity index is 1240. The van der Waals surface area contributed by atoms with Gasteiger partial charge in [0.1, 0.15) is 0 Å². The van der Waals surface area contributed by atoms with Gasteiger partial charge in [-0.1, -0.05) is 35.0 Å². The van der Waals surface area contributed by atoms with Crippen LogP contribution in [0.3, 0.4) is 0 Å². The van der Waals surface area contributed by atoms with Crippen LogP contribution in [0.25, 0.3) is 11.4 Å². The molecule has 0 aliphatic carbocycles. The van der Waals surface area contributed by atoms with Crippen LogP contribution in [0.15, 0.2) is 69.8 Å². The van der Waals surface area contributed by atoms with E-state index < -0.39 is 0 Å². The second kappa shape index (κ2) is 10.9. The second-order valence-electron chi connectivity index (χ2n) is 7.48. The standard InChI is InChI=1S/C25H24ClN3O5/c1-31-20-9-8-17(15-22(20)32-2)10-12-29(25(30)21-7-4-14-33-21)13-11-23-27-24(28-34-23)18-5-3-6-19(26)16-18/h3-9,14-16H,10-13H2,1-2H3. The average molecular weight is 482 g/mol. The van der Waals surface area contributed by atoms with Gasteiger partial charge in [-0.2, -0.15) is 4.98 Å². The molecule has 8 nitrogen and oxygen atoms in total. The fraction of sp³-hybridized carbons (Fsp3) is 0.240. The lowest BCUT2D eigenvalue weighted by Gasteiger charge is -2.21. The minimum atomic E-state index is -0.208. The first-order valence-corrected chi connectivity index (χ1v) is 11.1. The van der Waals surface area contributed by atoms with Crippen LogP contribution in [0.5, 0.6) is 11.5 Å². The van der Waals surface area contributed by atoms with Crippen molar-refractivity contribution in [3.8, 4) is 22.9 Å². The SMILES string of the molecule is COc1ccc(CCN(CCc2nc(-c3cccc(Cl)c3)no2)C(=O)c2ccco2)cc1OC. The van der Waals surface area contributed by atoms with Crippen LogP contribution >= 0.6 is 11.6 Å². The number of amides is 1. The number of methoxy groups -OCH3 is 2. The van der Waals surface area contributed by atoms with Gasteiger partial charge in [-0.3, -0.25) is 4.79 Å². The van der Waals surface area contributed by atoms with Crippen molar-refractivity contribution in [1.82, 2.24) is 15.0 Å². The van der Waals surface area contributed by atoms with Crippen LogP contribution in [0.4, 0.5) is 0 Å². The fourth-order valence-corrected chi connectivity index (χ4v) is 3.69. The number of rotatable bonds is 10. The van der Waals surface area contributed by atoms with Gasteiger partial charge < -0.3 is 23.3 Å². The molecular weight excluding hydrogens is 458 g/mol. The van der Waals surface area contributed by atoms with E-state index in [1.807, 2.05) is 30.3 Å². The lowest BCUT2D eigenvalue weighted by atomic mass is 10.1. The average Bonchev–Trinajstić information content (AvgIpc) is 3.56. The molecule has 0 saturated heterocycles. The summed E-state index contributed by atoms with van der Waals surface area (Å²) >= 11 is 6.06. The highest BCUT2D eigenvalue weighted by Gasteiger charge is 2.20. The van der Waals surface area contributed by atoms with E-state index in [0.29, 0.717) is 54.2 Å². The lowest BCUT2D eigenvalue weighted by Crippen LogP contribution is -2.34. The second-order valence-corrected chi connectivity index (χ2v) is 7.92. The van der Waals surface area contributed by atoms with Crippen LogP contribution < -0.4 is 9.47 Å². The molecule has 176 valence electrons. The first-order chi connectivity index (χ1) is 16.6. The Hall–Kier alpha value is -3.78. The zero-order chi connectivity index (χ0) is 23.9. The molecule has 0 aliphatic rings. The molecule has 0 fully saturated rings. The summed E-state index contributed by atoms with van der Waals surface area (Å²) in [5.41, 5.74) is 1.77. The Kier molecular flexibility index (Phi) is 7.49. The molecule has 0 spiro atoms. The largest absolute Gasteiger partial charge is 0.493 e. The summed E-state index contributed by atoms with van der Waals surface area (Å²) in [4.78, 5) is 19.2. The van der Waals surface area contributed by atoms with Gasteiger partial charge in [-0.25, -0.2) is 0 Å². The molecular formula is C25H24ClN3O5. The maximum absolute atomic E-state index is 13.0. The van der Waals surface area contributed by atoms with Crippen molar-refractivity contribution in [3.05, 3.63) is 83.1 Å². The van der Waals surface area contributed by atoms with Crippen molar-refractivity contribution in [2.24, 2.45) is 0 Å². The number of ether oxygens (including phenoxy) is 2. The summed E-state index contributed by atoms with van der Waals surface area (Å²) < 4.78 is 21.4. The van der Waals surface area contributed by atoms with E-state index >= 15 is 0 Å². The Morgan fingerprint density at radius 2 is 1.82 bits per heavy atom. The number of hydrogen-bond acceptors (Lipinski definition) is 7. The molecule has 1 amide bonds. The number of benzene rings is 2. The first-order valence-electron chi connectivity index (χ1n) is 10.7. The Morgan fingerprint density at radius 1 is 1.00 bits per heavy atom.